The fourth-order valence-electron chi connectivity index (χ4n) is 5.40. The molecule has 2 atom stereocenters. The summed E-state index contributed by atoms with van der Waals surface area (Å²) in [5.41, 5.74) is 5.72. The molecule has 0 saturated carbocycles. The van der Waals surface area contributed by atoms with Gasteiger partial charge in [0.15, 0.2) is 12.3 Å². The van der Waals surface area contributed by atoms with E-state index in [1.54, 1.807) is 4.90 Å². The van der Waals surface area contributed by atoms with E-state index in [0.29, 0.717) is 6.54 Å². The van der Waals surface area contributed by atoms with E-state index in [4.69, 9.17) is 4.74 Å². The predicted molar refractivity (Wildman–Crippen MR) is 135 cm³/mol. The number of aromatic nitrogens is 3. The molecule has 0 spiro atoms. The number of hydrogen-bond acceptors (Lipinski definition) is 7. The minimum Gasteiger partial charge on any atom is -0.444 e. The Morgan fingerprint density at radius 1 is 1.20 bits per heavy atom. The Balaban J connectivity index is 1.35. The molecule has 1 N–H and O–H groups in total. The van der Waals surface area contributed by atoms with Crippen LogP contribution in [-0.4, -0.2) is 53.3 Å². The Morgan fingerprint density at radius 3 is 2.51 bits per heavy atom. The van der Waals surface area contributed by atoms with Crippen LogP contribution in [0.4, 0.5) is 20.3 Å². The normalized spacial score (nSPS) is 20.1. The number of rotatable bonds is 6. The van der Waals surface area contributed by atoms with E-state index in [2.05, 4.69) is 21.5 Å². The van der Waals surface area contributed by atoms with Crippen LogP contribution >= 0.6 is 12.3 Å². The number of ether oxygens (including phenoxy) is 1. The van der Waals surface area contributed by atoms with Crippen LogP contribution in [0.5, 0.6) is 0 Å². The molecule has 1 aliphatic heterocycles. The number of aryl methyl sites for hydroxylation is 2. The average Bonchev–Trinajstić information content (AvgIpc) is 3.58. The van der Waals surface area contributed by atoms with Crippen molar-refractivity contribution in [2.24, 2.45) is 0 Å². The van der Waals surface area contributed by atoms with Crippen LogP contribution in [0.2, 0.25) is 0 Å². The molecular formula is C24H32FN5O3S2. The lowest BCUT2D eigenvalue weighted by Gasteiger charge is -2.28. The summed E-state index contributed by atoms with van der Waals surface area (Å²) >= 11 is -0.0644. The van der Waals surface area contributed by atoms with Gasteiger partial charge >= 0.3 is 6.09 Å². The first-order chi connectivity index (χ1) is 16.7. The molecule has 8 nitrogen and oxygen atoms in total. The summed E-state index contributed by atoms with van der Waals surface area (Å²) < 4.78 is 33.6. The number of hydrogen-bond donors (Lipinski definition) is 1. The van der Waals surface area contributed by atoms with Gasteiger partial charge in [0.25, 0.3) is 0 Å². The van der Waals surface area contributed by atoms with Crippen LogP contribution in [0.25, 0.3) is 0 Å². The molecule has 5 rings (SSSR count). The number of nitrogens with one attached hydrogen (secondary N) is 1. The monoisotopic (exact) mass is 521 g/mol. The highest BCUT2D eigenvalue weighted by molar-refractivity contribution is 7.92. The maximum absolute atomic E-state index is 13.8. The lowest BCUT2D eigenvalue weighted by molar-refractivity contribution is 0.0241. The van der Waals surface area contributed by atoms with Crippen LogP contribution in [0.1, 0.15) is 68.7 Å². The smallest absolute Gasteiger partial charge is 0.410 e. The third kappa shape index (κ3) is 5.07. The summed E-state index contributed by atoms with van der Waals surface area (Å²) in [4.78, 5) is 18.7. The number of benzene rings is 1. The first kappa shape index (κ1) is 24.5. The van der Waals surface area contributed by atoms with Crippen LogP contribution in [0.3, 0.4) is 0 Å². The molecule has 0 bridgehead atoms. The van der Waals surface area contributed by atoms with Crippen LogP contribution in [0, 0.1) is 0 Å². The van der Waals surface area contributed by atoms with Crippen LogP contribution in [-0.2, 0) is 41.2 Å². The lowest BCUT2D eigenvalue weighted by atomic mass is 9.99. The third-order valence-corrected chi connectivity index (χ3v) is 8.54. The molecule has 0 radical (unpaired) electrons. The Hall–Kier alpha value is -2.14. The summed E-state index contributed by atoms with van der Waals surface area (Å²) in [7, 11) is -1.59. The lowest BCUT2D eigenvalue weighted by Crippen LogP contribution is -2.42. The number of anilines is 2. The average molecular weight is 522 g/mol. The van der Waals surface area contributed by atoms with Crippen molar-refractivity contribution in [2.75, 3.05) is 17.6 Å². The summed E-state index contributed by atoms with van der Waals surface area (Å²) in [5.74, 6) is 0.432. The molecule has 1 saturated heterocycles. The van der Waals surface area contributed by atoms with Gasteiger partial charge in [0, 0.05) is 18.3 Å². The number of halogens is 1. The van der Waals surface area contributed by atoms with E-state index in [0.717, 1.165) is 61.1 Å². The molecule has 1 amide bonds. The van der Waals surface area contributed by atoms with E-state index in [9.17, 15) is 12.9 Å². The minimum absolute atomic E-state index is 0.0644. The summed E-state index contributed by atoms with van der Waals surface area (Å²) in [6.45, 7) is 6.04. The maximum atomic E-state index is 13.8. The first-order valence-electron chi connectivity index (χ1n) is 12.3. The molecular weight excluding hydrogens is 489 g/mol. The number of nitrogens with zero attached hydrogens (tertiary/aromatic N) is 4. The van der Waals surface area contributed by atoms with Crippen LogP contribution < -0.4 is 5.32 Å². The maximum Gasteiger partial charge on any atom is 0.410 e. The Morgan fingerprint density at radius 2 is 1.89 bits per heavy atom. The number of carbonyl (C=O) groups excluding carboxylic acids is 1. The molecule has 1 aromatic heterocycles. The SMILES string of the molecule is CC(C)(C)OC(=O)N1CCCC1CS(=O)c1nc(Nc2c3c(cc4c2CCC4)CCC3)n(SF)n1. The van der Waals surface area contributed by atoms with Crippen molar-refractivity contribution in [1.29, 1.82) is 0 Å². The fourth-order valence-corrected chi connectivity index (χ4v) is 6.92. The molecule has 2 unspecified atom stereocenters. The van der Waals surface area contributed by atoms with Gasteiger partial charge in [-0.15, -0.1) is 13.1 Å². The molecule has 11 heteroatoms. The van der Waals surface area contributed by atoms with Gasteiger partial charge in [-0.1, -0.05) is 6.07 Å². The van der Waals surface area contributed by atoms with Gasteiger partial charge < -0.3 is 15.0 Å². The second-order valence-corrected chi connectivity index (χ2v) is 12.4. The summed E-state index contributed by atoms with van der Waals surface area (Å²) in [6, 6.07) is 2.11. The predicted octanol–water partition coefficient (Wildman–Crippen LogP) is 4.89. The molecule has 1 aromatic carbocycles. The van der Waals surface area contributed by atoms with E-state index in [1.807, 2.05) is 20.8 Å². The molecule has 190 valence electrons. The topological polar surface area (TPSA) is 89.4 Å². The van der Waals surface area contributed by atoms with Crippen LogP contribution in [0.15, 0.2) is 11.2 Å². The Labute approximate surface area is 212 Å². The number of fused-ring (bicyclic) bond motifs is 2. The largest absolute Gasteiger partial charge is 0.444 e. The zero-order valence-corrected chi connectivity index (χ0v) is 22.1. The van der Waals surface area contributed by atoms with Gasteiger partial charge in [0.1, 0.15) is 5.60 Å². The molecule has 3 aliphatic rings. The van der Waals surface area contributed by atoms with Crippen molar-refractivity contribution in [3.8, 4) is 0 Å². The highest BCUT2D eigenvalue weighted by Crippen LogP contribution is 2.40. The second-order valence-electron chi connectivity index (χ2n) is 10.5. The van der Waals surface area contributed by atoms with Crippen molar-refractivity contribution < 1.29 is 17.6 Å². The van der Waals surface area contributed by atoms with Crippen molar-refractivity contribution in [3.63, 3.8) is 0 Å². The van der Waals surface area contributed by atoms with E-state index in [1.165, 1.54) is 22.3 Å². The highest BCUT2D eigenvalue weighted by Gasteiger charge is 2.34. The van der Waals surface area contributed by atoms with Gasteiger partial charge in [-0.05, 0) is 94.4 Å². The minimum atomic E-state index is -1.59. The van der Waals surface area contributed by atoms with Gasteiger partial charge in [-0.2, -0.15) is 4.98 Å². The molecule has 2 aliphatic carbocycles. The Bertz CT molecular complexity index is 1130. The third-order valence-electron chi connectivity index (χ3n) is 6.89. The molecule has 2 aromatic rings. The molecule has 35 heavy (non-hydrogen) atoms. The summed E-state index contributed by atoms with van der Waals surface area (Å²) in [6.07, 6.45) is 7.48. The Kier molecular flexibility index (Phi) is 6.82. The van der Waals surface area contributed by atoms with Gasteiger partial charge in [-0.25, -0.2) is 4.79 Å². The van der Waals surface area contributed by atoms with Crippen molar-refractivity contribution >= 4 is 40.9 Å². The summed E-state index contributed by atoms with van der Waals surface area (Å²) in [5, 5.41) is 7.60. The van der Waals surface area contributed by atoms with E-state index >= 15 is 0 Å². The van der Waals surface area contributed by atoms with Crippen molar-refractivity contribution in [2.45, 2.75) is 88.9 Å². The number of amides is 1. The zero-order valence-electron chi connectivity index (χ0n) is 20.4. The van der Waals surface area contributed by atoms with Gasteiger partial charge in [0.05, 0.1) is 16.6 Å². The van der Waals surface area contributed by atoms with E-state index < -0.39 is 22.5 Å². The van der Waals surface area contributed by atoms with Crippen molar-refractivity contribution in [3.05, 3.63) is 28.3 Å². The molecule has 1 fully saturated rings. The van der Waals surface area contributed by atoms with Gasteiger partial charge in [-0.3, -0.25) is 4.21 Å². The molecule has 2 heterocycles. The van der Waals surface area contributed by atoms with E-state index in [-0.39, 0.29) is 35.2 Å². The van der Waals surface area contributed by atoms with Crippen molar-refractivity contribution in [1.82, 2.24) is 19.1 Å². The zero-order chi connectivity index (χ0) is 24.7. The quantitative estimate of drug-likeness (QED) is 0.579. The standard InChI is InChI=1S/C24H32FN5O3S2/c1-24(2,3)33-23(31)29-12-6-9-17(29)14-35(32)22-27-21(30(28-22)34-25)26-20-18-10-4-7-15(18)13-16-8-5-11-19(16)20/h13,17H,4-12,14H2,1-3H3,(H,26,27,28). The number of likely N-dealkylation sites (tertiary alicyclic amines) is 1. The first-order valence-corrected chi connectivity index (χ1v) is 14.3. The van der Waals surface area contributed by atoms with Gasteiger partial charge in [0.2, 0.25) is 11.1 Å². The highest BCUT2D eigenvalue weighted by atomic mass is 32.2. The second kappa shape index (κ2) is 9.72. The fraction of sp³-hybridized carbons (Fsp3) is 0.625. The number of carbonyl (C=O) groups is 1.